The second-order valence-electron chi connectivity index (χ2n) is 7.68. The molecule has 0 bridgehead atoms. The zero-order valence-corrected chi connectivity index (χ0v) is 12.8. The van der Waals surface area contributed by atoms with Crippen molar-refractivity contribution in [2.45, 2.75) is 71.4 Å². The van der Waals surface area contributed by atoms with Crippen LogP contribution in [-0.2, 0) is 0 Å². The first-order chi connectivity index (χ1) is 8.43. The second kappa shape index (κ2) is 5.50. The van der Waals surface area contributed by atoms with E-state index in [1.54, 1.807) is 0 Å². The van der Waals surface area contributed by atoms with Crippen molar-refractivity contribution in [3.8, 4) is 0 Å². The van der Waals surface area contributed by atoms with E-state index in [4.69, 9.17) is 5.73 Å². The van der Waals surface area contributed by atoms with Crippen LogP contribution in [0.1, 0.15) is 59.3 Å². The molecular formula is C16H32N2. The van der Waals surface area contributed by atoms with Crippen molar-refractivity contribution in [3.05, 3.63) is 0 Å². The topological polar surface area (TPSA) is 29.3 Å². The molecule has 1 unspecified atom stereocenters. The molecule has 2 N–H and O–H groups in total. The van der Waals surface area contributed by atoms with E-state index in [0.29, 0.717) is 11.5 Å². The van der Waals surface area contributed by atoms with Crippen molar-refractivity contribution in [2.24, 2.45) is 23.0 Å². The van der Waals surface area contributed by atoms with E-state index in [9.17, 15) is 0 Å². The molecule has 0 saturated heterocycles. The maximum Gasteiger partial charge on any atom is 0.0246 e. The molecule has 2 fully saturated rings. The van der Waals surface area contributed by atoms with Crippen LogP contribution in [0, 0.1) is 17.3 Å². The Kier molecular flexibility index (Phi) is 4.38. The van der Waals surface area contributed by atoms with Gasteiger partial charge >= 0.3 is 0 Å². The van der Waals surface area contributed by atoms with Gasteiger partial charge in [0.15, 0.2) is 0 Å². The minimum absolute atomic E-state index is 0.493. The fraction of sp³-hybridized carbons (Fsp3) is 1.00. The van der Waals surface area contributed by atoms with Crippen LogP contribution in [0.2, 0.25) is 0 Å². The molecule has 2 nitrogen and oxygen atoms in total. The quantitative estimate of drug-likeness (QED) is 0.832. The Labute approximate surface area is 113 Å². The predicted octanol–water partition coefficient (Wildman–Crippen LogP) is 3.26. The highest BCUT2D eigenvalue weighted by molar-refractivity contribution is 4.92. The van der Waals surface area contributed by atoms with E-state index in [0.717, 1.165) is 24.4 Å². The highest BCUT2D eigenvalue weighted by Gasteiger charge is 2.37. The Morgan fingerprint density at radius 1 is 1.06 bits per heavy atom. The zero-order chi connectivity index (χ0) is 13.3. The lowest BCUT2D eigenvalue weighted by Crippen LogP contribution is -2.47. The molecule has 2 rings (SSSR count). The molecule has 106 valence electrons. The summed E-state index contributed by atoms with van der Waals surface area (Å²) in [6, 6.07) is 1.44. The summed E-state index contributed by atoms with van der Waals surface area (Å²) in [5.74, 6) is 1.82. The van der Waals surface area contributed by atoms with Crippen LogP contribution in [0.15, 0.2) is 0 Å². The predicted molar refractivity (Wildman–Crippen MR) is 78.5 cm³/mol. The first-order valence-corrected chi connectivity index (χ1v) is 7.85. The third kappa shape index (κ3) is 3.27. The van der Waals surface area contributed by atoms with Crippen molar-refractivity contribution >= 4 is 0 Å². The number of nitrogens with two attached hydrogens (primary N) is 1. The van der Waals surface area contributed by atoms with Gasteiger partial charge in [-0.3, -0.25) is 4.90 Å². The van der Waals surface area contributed by atoms with Gasteiger partial charge in [0.05, 0.1) is 0 Å². The molecule has 2 heteroatoms. The average molecular weight is 252 g/mol. The van der Waals surface area contributed by atoms with Crippen LogP contribution in [-0.4, -0.2) is 30.6 Å². The van der Waals surface area contributed by atoms with Crippen molar-refractivity contribution in [1.82, 2.24) is 4.90 Å². The molecule has 18 heavy (non-hydrogen) atoms. The molecule has 0 amide bonds. The maximum absolute atomic E-state index is 5.98. The Morgan fingerprint density at radius 2 is 1.61 bits per heavy atom. The van der Waals surface area contributed by atoms with Crippen molar-refractivity contribution in [1.29, 1.82) is 0 Å². The summed E-state index contributed by atoms with van der Waals surface area (Å²) < 4.78 is 0. The van der Waals surface area contributed by atoms with Crippen LogP contribution in [0.3, 0.4) is 0 Å². The largest absolute Gasteiger partial charge is 0.329 e. The molecule has 2 aliphatic rings. The lowest BCUT2D eigenvalue weighted by molar-refractivity contribution is 0.0809. The van der Waals surface area contributed by atoms with Gasteiger partial charge in [0.2, 0.25) is 0 Å². The van der Waals surface area contributed by atoms with Gasteiger partial charge in [-0.2, -0.15) is 0 Å². The maximum atomic E-state index is 5.98. The normalized spacial score (nSPS) is 31.7. The summed E-state index contributed by atoms with van der Waals surface area (Å²) in [6.07, 6.45) is 8.37. The Hall–Kier alpha value is -0.0800. The lowest BCUT2D eigenvalue weighted by Gasteiger charge is -2.42. The highest BCUT2D eigenvalue weighted by Crippen LogP contribution is 2.41. The SMILES string of the molecule is CN(C1CCC(C(C)(C)C)CC1)C(CN)C1CC1. The standard InChI is InChI=1S/C16H32N2/c1-16(2,3)13-7-9-14(10-8-13)18(4)15(11-17)12-5-6-12/h12-15H,5-11,17H2,1-4H3. The van der Waals surface area contributed by atoms with E-state index < -0.39 is 0 Å². The molecule has 2 aliphatic carbocycles. The van der Waals surface area contributed by atoms with Crippen LogP contribution < -0.4 is 5.73 Å². The van der Waals surface area contributed by atoms with Gasteiger partial charge in [0.1, 0.15) is 0 Å². The third-order valence-corrected chi connectivity index (χ3v) is 5.43. The number of likely N-dealkylation sites (N-methyl/N-ethyl adjacent to an activating group) is 1. The summed E-state index contributed by atoms with van der Waals surface area (Å²) in [5.41, 5.74) is 6.47. The van der Waals surface area contributed by atoms with Crippen LogP contribution in [0.25, 0.3) is 0 Å². The second-order valence-corrected chi connectivity index (χ2v) is 7.68. The molecule has 1 atom stereocenters. The van der Waals surface area contributed by atoms with Crippen LogP contribution >= 0.6 is 0 Å². The number of nitrogens with zero attached hydrogens (tertiary/aromatic N) is 1. The van der Waals surface area contributed by atoms with E-state index in [1.807, 2.05) is 0 Å². The third-order valence-electron chi connectivity index (χ3n) is 5.43. The van der Waals surface area contributed by atoms with Gasteiger partial charge in [0, 0.05) is 18.6 Å². The molecule has 0 aromatic rings. The molecule has 0 aliphatic heterocycles. The molecular weight excluding hydrogens is 220 g/mol. The van der Waals surface area contributed by atoms with Gasteiger partial charge in [-0.05, 0) is 62.8 Å². The molecule has 2 saturated carbocycles. The van der Waals surface area contributed by atoms with Crippen molar-refractivity contribution in [2.75, 3.05) is 13.6 Å². The number of rotatable bonds is 4. The number of hydrogen-bond acceptors (Lipinski definition) is 2. The van der Waals surface area contributed by atoms with Gasteiger partial charge in [0.25, 0.3) is 0 Å². The van der Waals surface area contributed by atoms with Gasteiger partial charge in [-0.1, -0.05) is 20.8 Å². The van der Waals surface area contributed by atoms with E-state index in [1.165, 1.54) is 38.5 Å². The van der Waals surface area contributed by atoms with E-state index in [-0.39, 0.29) is 0 Å². The van der Waals surface area contributed by atoms with Gasteiger partial charge in [-0.15, -0.1) is 0 Å². The molecule has 0 heterocycles. The summed E-state index contributed by atoms with van der Waals surface area (Å²) in [4.78, 5) is 2.62. The van der Waals surface area contributed by atoms with Gasteiger partial charge < -0.3 is 5.73 Å². The van der Waals surface area contributed by atoms with Gasteiger partial charge in [-0.25, -0.2) is 0 Å². The average Bonchev–Trinajstić information content (AvgIpc) is 3.13. The van der Waals surface area contributed by atoms with E-state index in [2.05, 4.69) is 32.7 Å². The minimum Gasteiger partial charge on any atom is -0.329 e. The van der Waals surface area contributed by atoms with Crippen molar-refractivity contribution < 1.29 is 0 Å². The smallest absolute Gasteiger partial charge is 0.0246 e. The van der Waals surface area contributed by atoms with E-state index >= 15 is 0 Å². The summed E-state index contributed by atoms with van der Waals surface area (Å²) >= 11 is 0. The van der Waals surface area contributed by atoms with Crippen LogP contribution in [0.5, 0.6) is 0 Å². The van der Waals surface area contributed by atoms with Crippen molar-refractivity contribution in [3.63, 3.8) is 0 Å². The zero-order valence-electron chi connectivity index (χ0n) is 12.8. The molecule has 0 radical (unpaired) electrons. The summed E-state index contributed by atoms with van der Waals surface area (Å²) in [5, 5.41) is 0. The first kappa shape index (κ1) is 14.3. The molecule has 0 aromatic carbocycles. The monoisotopic (exact) mass is 252 g/mol. The molecule has 0 spiro atoms. The number of hydrogen-bond donors (Lipinski definition) is 1. The minimum atomic E-state index is 0.493. The fourth-order valence-electron chi connectivity index (χ4n) is 3.79. The fourth-order valence-corrected chi connectivity index (χ4v) is 3.79. The lowest BCUT2D eigenvalue weighted by atomic mass is 9.71. The Bertz CT molecular complexity index is 257. The molecule has 0 aromatic heterocycles. The first-order valence-electron chi connectivity index (χ1n) is 7.85. The Morgan fingerprint density at radius 3 is 2.00 bits per heavy atom. The van der Waals surface area contributed by atoms with Crippen LogP contribution in [0.4, 0.5) is 0 Å². The highest BCUT2D eigenvalue weighted by atomic mass is 15.2. The Balaban J connectivity index is 1.85. The summed E-state index contributed by atoms with van der Waals surface area (Å²) in [6.45, 7) is 8.04. The summed E-state index contributed by atoms with van der Waals surface area (Å²) in [7, 11) is 2.32.